The summed E-state index contributed by atoms with van der Waals surface area (Å²) in [6.07, 6.45) is 4.19. The van der Waals surface area contributed by atoms with Crippen molar-refractivity contribution >= 4 is 27.5 Å². The fourth-order valence-electron chi connectivity index (χ4n) is 1.33. The molecule has 2 aromatic rings. The van der Waals surface area contributed by atoms with Crippen LogP contribution in [0.3, 0.4) is 0 Å². The number of halogens is 1. The van der Waals surface area contributed by atoms with Crippen LogP contribution in [0.4, 0.5) is 0 Å². The van der Waals surface area contributed by atoms with Crippen molar-refractivity contribution in [1.29, 1.82) is 0 Å². The minimum atomic E-state index is 0. The van der Waals surface area contributed by atoms with Crippen molar-refractivity contribution in [2.75, 3.05) is 0 Å². The van der Waals surface area contributed by atoms with Gasteiger partial charge in [-0.25, -0.2) is 0 Å². The number of hydrogen-bond acceptors (Lipinski definition) is 0. The topological polar surface area (TPSA) is 0 Å². The molecule has 0 aliphatic carbocycles. The fourth-order valence-corrected chi connectivity index (χ4v) is 2.16. The normalized spacial score (nSPS) is 10.4. The highest BCUT2D eigenvalue weighted by atomic mass is 35.5. The summed E-state index contributed by atoms with van der Waals surface area (Å²) in [6, 6.07) is 10.7. The Labute approximate surface area is 94.3 Å². The Bertz CT molecular complexity index is 449. The summed E-state index contributed by atoms with van der Waals surface area (Å²) < 4.78 is 1.34. The average molecular weight is 223 g/mol. The Hall–Kier alpha value is -0.920. The van der Waals surface area contributed by atoms with Gasteiger partial charge in [-0.2, -0.15) is 0 Å². The van der Waals surface area contributed by atoms with E-state index in [1.165, 1.54) is 15.6 Å². The van der Waals surface area contributed by atoms with Crippen molar-refractivity contribution < 1.29 is 12.4 Å². The number of rotatable bonds is 1. The van der Waals surface area contributed by atoms with Gasteiger partial charge in [0.1, 0.15) is 0 Å². The molecule has 0 aliphatic heterocycles. The Morgan fingerprint density at radius 2 is 2.00 bits per heavy atom. The third-order valence-electron chi connectivity index (χ3n) is 1.92. The molecule has 0 amide bonds. The first kappa shape index (κ1) is 11.2. The van der Waals surface area contributed by atoms with Gasteiger partial charge in [0, 0.05) is 17.0 Å². The molecule has 1 heterocycles. The Kier molecular flexibility index (Phi) is 4.05. The zero-order valence-electron chi connectivity index (χ0n) is 7.91. The van der Waals surface area contributed by atoms with E-state index in [-0.39, 0.29) is 12.4 Å². The van der Waals surface area contributed by atoms with Gasteiger partial charge in [0.2, 0.25) is 21.4 Å². The quantitative estimate of drug-likeness (QED) is 0.637. The molecule has 0 aliphatic rings. The SMILES string of the molecule is CC=Cc1c[s+]c2ccccc2c1.[Cl-]. The second-order valence-corrected chi connectivity index (χ2v) is 3.83. The van der Waals surface area contributed by atoms with Crippen molar-refractivity contribution in [1.82, 2.24) is 0 Å². The lowest BCUT2D eigenvalue weighted by Crippen LogP contribution is -3.00. The predicted molar refractivity (Wildman–Crippen MR) is 60.9 cm³/mol. The summed E-state index contributed by atoms with van der Waals surface area (Å²) >= 11 is 1.79. The second-order valence-electron chi connectivity index (χ2n) is 2.92. The summed E-state index contributed by atoms with van der Waals surface area (Å²) in [5.74, 6) is 0. The molecule has 1 aromatic heterocycles. The van der Waals surface area contributed by atoms with Crippen LogP contribution in [0.2, 0.25) is 0 Å². The minimum Gasteiger partial charge on any atom is -1.00 e. The number of allylic oxidation sites excluding steroid dienone is 1. The lowest BCUT2D eigenvalue weighted by Gasteiger charge is -1.88. The van der Waals surface area contributed by atoms with Crippen LogP contribution in [0.15, 0.2) is 41.8 Å². The van der Waals surface area contributed by atoms with Crippen molar-refractivity contribution in [3.63, 3.8) is 0 Å². The average Bonchev–Trinajstić information content (AvgIpc) is 2.18. The van der Waals surface area contributed by atoms with Crippen LogP contribution in [0.5, 0.6) is 0 Å². The number of benzene rings is 1. The smallest absolute Gasteiger partial charge is 0.238 e. The van der Waals surface area contributed by atoms with Crippen LogP contribution in [0.1, 0.15) is 12.5 Å². The van der Waals surface area contributed by atoms with E-state index in [9.17, 15) is 0 Å². The van der Waals surface area contributed by atoms with E-state index in [4.69, 9.17) is 0 Å². The monoisotopic (exact) mass is 222 g/mol. The highest BCUT2D eigenvalue weighted by molar-refractivity contribution is 7.16. The third kappa shape index (κ3) is 2.31. The van der Waals surface area contributed by atoms with Gasteiger partial charge in [0.25, 0.3) is 0 Å². The predicted octanol–water partition coefficient (Wildman–Crippen LogP) is 1.22. The largest absolute Gasteiger partial charge is 1.00 e. The van der Waals surface area contributed by atoms with E-state index in [0.29, 0.717) is 0 Å². The summed E-state index contributed by atoms with van der Waals surface area (Å²) in [5, 5.41) is 3.51. The van der Waals surface area contributed by atoms with E-state index in [1.54, 1.807) is 11.3 Å². The van der Waals surface area contributed by atoms with Crippen LogP contribution in [-0.2, 0) is 0 Å². The molecule has 0 spiro atoms. The molecular formula is C12H11ClS. The van der Waals surface area contributed by atoms with E-state index in [2.05, 4.69) is 47.9 Å². The standard InChI is InChI=1S/C12H11S.ClH/c1-2-5-10-8-11-6-3-4-7-12(11)13-9-10;/h2-9H,1H3;1H/q+1;/p-1. The first-order chi connectivity index (χ1) is 6.40. The first-order valence-electron chi connectivity index (χ1n) is 4.33. The van der Waals surface area contributed by atoms with Crippen molar-refractivity contribution in [3.05, 3.63) is 47.4 Å². The summed E-state index contributed by atoms with van der Waals surface area (Å²) in [7, 11) is 0. The first-order valence-corrected chi connectivity index (χ1v) is 5.21. The number of fused-ring (bicyclic) bond motifs is 1. The highest BCUT2D eigenvalue weighted by Gasteiger charge is 2.03. The Balaban J connectivity index is 0.000000980. The lowest BCUT2D eigenvalue weighted by molar-refractivity contribution is -0.00000247. The molecule has 0 saturated carbocycles. The van der Waals surface area contributed by atoms with Gasteiger partial charge >= 0.3 is 0 Å². The van der Waals surface area contributed by atoms with Gasteiger partial charge in [-0.15, -0.1) is 0 Å². The van der Waals surface area contributed by atoms with E-state index >= 15 is 0 Å². The molecule has 0 radical (unpaired) electrons. The molecule has 14 heavy (non-hydrogen) atoms. The van der Waals surface area contributed by atoms with Gasteiger partial charge in [-0.3, -0.25) is 0 Å². The Morgan fingerprint density at radius 3 is 2.79 bits per heavy atom. The molecule has 2 rings (SSSR count). The van der Waals surface area contributed by atoms with Gasteiger partial charge < -0.3 is 12.4 Å². The minimum absolute atomic E-state index is 0. The molecule has 72 valence electrons. The highest BCUT2D eigenvalue weighted by Crippen LogP contribution is 2.21. The summed E-state index contributed by atoms with van der Waals surface area (Å²) in [5.41, 5.74) is 1.28. The number of hydrogen-bond donors (Lipinski definition) is 0. The van der Waals surface area contributed by atoms with Crippen LogP contribution in [0, 0.1) is 0 Å². The van der Waals surface area contributed by atoms with Gasteiger partial charge in [0.05, 0.1) is 0 Å². The van der Waals surface area contributed by atoms with E-state index < -0.39 is 0 Å². The second kappa shape index (κ2) is 5.08. The van der Waals surface area contributed by atoms with Crippen LogP contribution in [0.25, 0.3) is 16.2 Å². The van der Waals surface area contributed by atoms with Crippen LogP contribution in [-0.4, -0.2) is 0 Å². The molecule has 0 N–H and O–H groups in total. The maximum Gasteiger partial charge on any atom is 0.238 e. The fraction of sp³-hybridized carbons (Fsp3) is 0.0833. The van der Waals surface area contributed by atoms with Gasteiger partial charge in [-0.1, -0.05) is 24.3 Å². The zero-order valence-corrected chi connectivity index (χ0v) is 9.48. The van der Waals surface area contributed by atoms with Crippen molar-refractivity contribution in [2.24, 2.45) is 0 Å². The third-order valence-corrected chi connectivity index (χ3v) is 2.94. The molecule has 1 aromatic carbocycles. The van der Waals surface area contributed by atoms with Crippen molar-refractivity contribution in [3.8, 4) is 0 Å². The Morgan fingerprint density at radius 1 is 1.21 bits per heavy atom. The lowest BCUT2D eigenvalue weighted by atomic mass is 10.2. The molecular weight excluding hydrogens is 212 g/mol. The van der Waals surface area contributed by atoms with Crippen molar-refractivity contribution in [2.45, 2.75) is 6.92 Å². The molecule has 0 bridgehead atoms. The molecule has 0 nitrogen and oxygen atoms in total. The van der Waals surface area contributed by atoms with Crippen LogP contribution < -0.4 is 12.4 Å². The maximum atomic E-state index is 2.21. The molecule has 0 saturated heterocycles. The zero-order chi connectivity index (χ0) is 9.10. The summed E-state index contributed by atoms with van der Waals surface area (Å²) in [4.78, 5) is 0. The molecule has 0 atom stereocenters. The molecule has 0 unspecified atom stereocenters. The van der Waals surface area contributed by atoms with E-state index in [0.717, 1.165) is 0 Å². The molecule has 0 fully saturated rings. The maximum absolute atomic E-state index is 2.21. The van der Waals surface area contributed by atoms with Crippen LogP contribution >= 0.6 is 11.3 Å². The summed E-state index contributed by atoms with van der Waals surface area (Å²) in [6.45, 7) is 2.04. The molecule has 2 heteroatoms. The van der Waals surface area contributed by atoms with Gasteiger partial charge in [-0.05, 0) is 19.1 Å². The van der Waals surface area contributed by atoms with Gasteiger partial charge in [0.15, 0.2) is 0 Å². The van der Waals surface area contributed by atoms with E-state index in [1.807, 2.05) is 6.92 Å².